The highest BCUT2D eigenvalue weighted by atomic mass is 19.1. The molecular formula is C15H24FN3O3. The van der Waals surface area contributed by atoms with Crippen LogP contribution in [0.2, 0.25) is 0 Å². The number of amides is 1. The zero-order valence-electron chi connectivity index (χ0n) is 13.1. The highest BCUT2D eigenvalue weighted by Crippen LogP contribution is 2.24. The molecule has 0 aliphatic rings. The van der Waals surface area contributed by atoms with Gasteiger partial charge in [0.15, 0.2) is 0 Å². The molecule has 1 heterocycles. The summed E-state index contributed by atoms with van der Waals surface area (Å²) in [6.07, 6.45) is 0.146. The number of carbonyl (C=O) groups excluding carboxylic acids is 1. The molecule has 22 heavy (non-hydrogen) atoms. The second-order valence-electron chi connectivity index (χ2n) is 5.93. The maximum absolute atomic E-state index is 14.1. The number of primary amides is 1. The topological polar surface area (TPSA) is 108 Å². The van der Waals surface area contributed by atoms with Crippen LogP contribution in [0.15, 0.2) is 12.3 Å². The SMILES string of the molecule is CC(CCO)Nc1ccnc(C[C@H](F)C(C)(C)O)c1C(N)=O. The van der Waals surface area contributed by atoms with Crippen molar-refractivity contribution >= 4 is 11.6 Å². The molecular weight excluding hydrogens is 289 g/mol. The number of nitrogens with two attached hydrogens (primary N) is 1. The summed E-state index contributed by atoms with van der Waals surface area (Å²) in [5, 5.41) is 21.7. The molecule has 1 unspecified atom stereocenters. The molecule has 0 bridgehead atoms. The van der Waals surface area contributed by atoms with Gasteiger partial charge in [0.1, 0.15) is 6.17 Å². The van der Waals surface area contributed by atoms with Gasteiger partial charge in [0.05, 0.1) is 22.5 Å². The molecule has 5 N–H and O–H groups in total. The Morgan fingerprint density at radius 3 is 2.68 bits per heavy atom. The number of aromatic nitrogens is 1. The van der Waals surface area contributed by atoms with Crippen molar-refractivity contribution in [1.29, 1.82) is 0 Å². The summed E-state index contributed by atoms with van der Waals surface area (Å²) in [6, 6.07) is 1.49. The number of nitrogens with one attached hydrogen (secondary N) is 1. The van der Waals surface area contributed by atoms with Gasteiger partial charge in [-0.25, -0.2) is 4.39 Å². The minimum absolute atomic E-state index is 0.00324. The van der Waals surface area contributed by atoms with Crippen molar-refractivity contribution in [3.05, 3.63) is 23.5 Å². The van der Waals surface area contributed by atoms with Crippen molar-refractivity contribution in [3.63, 3.8) is 0 Å². The van der Waals surface area contributed by atoms with Crippen LogP contribution in [-0.2, 0) is 6.42 Å². The zero-order chi connectivity index (χ0) is 16.9. The van der Waals surface area contributed by atoms with Crippen molar-refractivity contribution in [2.45, 2.75) is 51.4 Å². The maximum atomic E-state index is 14.1. The minimum atomic E-state index is -1.58. The Morgan fingerprint density at radius 2 is 2.18 bits per heavy atom. The number of nitrogens with zero attached hydrogens (tertiary/aromatic N) is 1. The van der Waals surface area contributed by atoms with Gasteiger partial charge in [0.2, 0.25) is 0 Å². The third kappa shape index (κ3) is 4.92. The van der Waals surface area contributed by atoms with Gasteiger partial charge in [-0.3, -0.25) is 9.78 Å². The molecule has 124 valence electrons. The molecule has 0 saturated heterocycles. The number of carbonyl (C=O) groups is 1. The lowest BCUT2D eigenvalue weighted by atomic mass is 9.96. The average Bonchev–Trinajstić information content (AvgIpc) is 2.37. The summed E-state index contributed by atoms with van der Waals surface area (Å²) in [7, 11) is 0. The predicted octanol–water partition coefficient (Wildman–Crippen LogP) is 1.01. The summed E-state index contributed by atoms with van der Waals surface area (Å²) in [5.41, 5.74) is 4.61. The Morgan fingerprint density at radius 1 is 1.55 bits per heavy atom. The highest BCUT2D eigenvalue weighted by Gasteiger charge is 2.29. The van der Waals surface area contributed by atoms with Crippen LogP contribution >= 0.6 is 0 Å². The predicted molar refractivity (Wildman–Crippen MR) is 82.4 cm³/mol. The highest BCUT2D eigenvalue weighted by molar-refractivity contribution is 5.99. The smallest absolute Gasteiger partial charge is 0.252 e. The molecule has 0 aliphatic heterocycles. The zero-order valence-corrected chi connectivity index (χ0v) is 13.1. The molecule has 0 radical (unpaired) electrons. The van der Waals surface area contributed by atoms with Crippen LogP contribution in [0.3, 0.4) is 0 Å². The monoisotopic (exact) mass is 313 g/mol. The van der Waals surface area contributed by atoms with Crippen molar-refractivity contribution in [2.24, 2.45) is 5.73 Å². The summed E-state index contributed by atoms with van der Waals surface area (Å²) in [5.74, 6) is -0.718. The Balaban J connectivity index is 3.10. The van der Waals surface area contributed by atoms with E-state index in [0.29, 0.717) is 12.1 Å². The van der Waals surface area contributed by atoms with E-state index in [1.165, 1.54) is 20.0 Å². The van der Waals surface area contributed by atoms with Crippen molar-refractivity contribution < 1.29 is 19.4 Å². The van der Waals surface area contributed by atoms with Gasteiger partial charge in [-0.15, -0.1) is 0 Å². The molecule has 0 saturated carbocycles. The number of hydrogen-bond donors (Lipinski definition) is 4. The van der Waals surface area contributed by atoms with Gasteiger partial charge < -0.3 is 21.3 Å². The van der Waals surface area contributed by atoms with Crippen molar-refractivity contribution in [2.75, 3.05) is 11.9 Å². The van der Waals surface area contributed by atoms with Gasteiger partial charge in [-0.1, -0.05) is 0 Å². The fourth-order valence-electron chi connectivity index (χ4n) is 2.01. The number of pyridine rings is 1. The Hall–Kier alpha value is -1.73. The lowest BCUT2D eigenvalue weighted by molar-refractivity contribution is -0.00307. The normalized spacial score (nSPS) is 14.5. The standard InChI is InChI=1S/C15H24FN3O3/c1-9(5-7-20)19-10-4-6-18-11(13(10)14(17)21)8-12(16)15(2,3)22/h4,6,9,12,20,22H,5,7-8H2,1-3H3,(H2,17,21)(H,18,19)/t9?,12-/m0/s1. The van der Waals surface area contributed by atoms with Crippen LogP contribution in [-0.4, -0.2) is 45.5 Å². The first kappa shape index (κ1) is 18.3. The Kier molecular flexibility index (Phi) is 6.25. The first-order valence-corrected chi connectivity index (χ1v) is 7.18. The van der Waals surface area contributed by atoms with Gasteiger partial charge >= 0.3 is 0 Å². The molecule has 2 atom stereocenters. The van der Waals surface area contributed by atoms with Crippen molar-refractivity contribution in [3.8, 4) is 0 Å². The lowest BCUT2D eigenvalue weighted by Crippen LogP contribution is -2.35. The largest absolute Gasteiger partial charge is 0.396 e. The van der Waals surface area contributed by atoms with E-state index in [1.54, 1.807) is 6.07 Å². The van der Waals surface area contributed by atoms with Gasteiger partial charge in [0, 0.05) is 25.3 Å². The summed E-state index contributed by atoms with van der Waals surface area (Å²) < 4.78 is 14.1. The summed E-state index contributed by atoms with van der Waals surface area (Å²) in [4.78, 5) is 15.7. The number of alkyl halides is 1. The van der Waals surface area contributed by atoms with Gasteiger partial charge in [-0.2, -0.15) is 0 Å². The average molecular weight is 313 g/mol. The van der Waals surface area contributed by atoms with Crippen LogP contribution in [0.4, 0.5) is 10.1 Å². The number of anilines is 1. The molecule has 6 nitrogen and oxygen atoms in total. The minimum Gasteiger partial charge on any atom is -0.396 e. The van der Waals surface area contributed by atoms with E-state index >= 15 is 0 Å². The number of halogens is 1. The Labute approximate surface area is 129 Å². The van der Waals surface area contributed by atoms with E-state index in [0.717, 1.165) is 0 Å². The summed E-state index contributed by atoms with van der Waals surface area (Å²) >= 11 is 0. The third-order valence-corrected chi connectivity index (χ3v) is 3.38. The lowest BCUT2D eigenvalue weighted by Gasteiger charge is -2.23. The number of rotatable bonds is 8. The van der Waals surface area contributed by atoms with Gasteiger partial charge in [-0.05, 0) is 33.3 Å². The van der Waals surface area contributed by atoms with Crippen LogP contribution in [0, 0.1) is 0 Å². The van der Waals surface area contributed by atoms with E-state index in [9.17, 15) is 14.3 Å². The van der Waals surface area contributed by atoms with Gasteiger partial charge in [0.25, 0.3) is 5.91 Å². The van der Waals surface area contributed by atoms with Crippen LogP contribution in [0.5, 0.6) is 0 Å². The van der Waals surface area contributed by atoms with Crippen LogP contribution in [0.25, 0.3) is 0 Å². The number of hydrogen-bond acceptors (Lipinski definition) is 5. The molecule has 0 aromatic carbocycles. The van der Waals surface area contributed by atoms with E-state index in [1.807, 2.05) is 6.92 Å². The molecule has 0 spiro atoms. The first-order chi connectivity index (χ1) is 10.2. The molecule has 1 amide bonds. The quantitative estimate of drug-likeness (QED) is 0.573. The van der Waals surface area contributed by atoms with E-state index < -0.39 is 17.7 Å². The fraction of sp³-hybridized carbons (Fsp3) is 0.600. The Bertz CT molecular complexity index is 517. The van der Waals surface area contributed by atoms with E-state index in [-0.39, 0.29) is 30.3 Å². The van der Waals surface area contributed by atoms with Crippen LogP contribution < -0.4 is 11.1 Å². The second-order valence-corrected chi connectivity index (χ2v) is 5.93. The first-order valence-electron chi connectivity index (χ1n) is 7.18. The molecule has 1 aromatic heterocycles. The van der Waals surface area contributed by atoms with E-state index in [2.05, 4.69) is 10.3 Å². The fourth-order valence-corrected chi connectivity index (χ4v) is 2.01. The summed E-state index contributed by atoms with van der Waals surface area (Å²) in [6.45, 7) is 4.55. The molecule has 0 aliphatic carbocycles. The van der Waals surface area contributed by atoms with E-state index in [4.69, 9.17) is 10.8 Å². The van der Waals surface area contributed by atoms with Crippen LogP contribution in [0.1, 0.15) is 43.2 Å². The maximum Gasteiger partial charge on any atom is 0.252 e. The molecule has 1 aromatic rings. The molecule has 0 fully saturated rings. The second kappa shape index (κ2) is 7.51. The molecule has 7 heteroatoms. The molecule has 1 rings (SSSR count). The van der Waals surface area contributed by atoms with Crippen molar-refractivity contribution in [1.82, 2.24) is 4.98 Å². The third-order valence-electron chi connectivity index (χ3n) is 3.38. The number of aliphatic hydroxyl groups excluding tert-OH is 1. The number of aliphatic hydroxyl groups is 2.